The van der Waals surface area contributed by atoms with Gasteiger partial charge >= 0.3 is 0 Å². The Morgan fingerprint density at radius 2 is 1.81 bits per heavy atom. The van der Waals surface area contributed by atoms with E-state index in [2.05, 4.69) is 25.2 Å². The zero-order valence-corrected chi connectivity index (χ0v) is 12.2. The summed E-state index contributed by atoms with van der Waals surface area (Å²) in [5.74, 6) is 0.717. The number of halogens is 1. The summed E-state index contributed by atoms with van der Waals surface area (Å²) < 4.78 is 19.0. The molecule has 0 aliphatic heterocycles. The first-order valence-electron chi connectivity index (χ1n) is 7.21. The number of furan rings is 1. The van der Waals surface area contributed by atoms with Crippen LogP contribution >= 0.6 is 0 Å². The van der Waals surface area contributed by atoms with E-state index in [9.17, 15) is 4.39 Å². The average Bonchev–Trinajstić information content (AvgIpc) is 2.88. The van der Waals surface area contributed by atoms with E-state index in [1.54, 1.807) is 12.1 Å². The van der Waals surface area contributed by atoms with Gasteiger partial charge in [0.25, 0.3) is 0 Å². The molecule has 0 amide bonds. The topological polar surface area (TPSA) is 25.2 Å². The molecule has 0 bridgehead atoms. The molecule has 1 heterocycles. The fourth-order valence-electron chi connectivity index (χ4n) is 2.69. The molecular formula is C18H18FNO. The molecular weight excluding hydrogens is 265 g/mol. The maximum atomic E-state index is 13.0. The molecule has 1 N–H and O–H groups in total. The summed E-state index contributed by atoms with van der Waals surface area (Å²) >= 11 is 0. The van der Waals surface area contributed by atoms with E-state index in [1.165, 1.54) is 23.1 Å². The number of anilines is 1. The average molecular weight is 283 g/mol. The van der Waals surface area contributed by atoms with Crippen molar-refractivity contribution in [2.24, 2.45) is 0 Å². The quantitative estimate of drug-likeness (QED) is 0.702. The SMILES string of the molecule is CCc1c(C(C)Nc2ccc(F)cc2)oc2ccccc12. The number of para-hydroxylation sites is 1. The molecule has 0 spiro atoms. The molecule has 0 saturated carbocycles. The first-order chi connectivity index (χ1) is 10.2. The van der Waals surface area contributed by atoms with Crippen molar-refractivity contribution >= 4 is 16.7 Å². The molecule has 0 saturated heterocycles. The second kappa shape index (κ2) is 5.60. The van der Waals surface area contributed by atoms with Crippen LogP contribution in [0.1, 0.15) is 31.2 Å². The molecule has 0 radical (unpaired) electrons. The molecule has 0 aliphatic rings. The minimum absolute atomic E-state index is 0.0258. The van der Waals surface area contributed by atoms with Gasteiger partial charge in [-0.25, -0.2) is 4.39 Å². The fraction of sp³-hybridized carbons (Fsp3) is 0.222. The van der Waals surface area contributed by atoms with Gasteiger partial charge in [0.2, 0.25) is 0 Å². The molecule has 2 aromatic carbocycles. The Morgan fingerprint density at radius 1 is 1.10 bits per heavy atom. The summed E-state index contributed by atoms with van der Waals surface area (Å²) in [6, 6.07) is 14.5. The Morgan fingerprint density at radius 3 is 2.52 bits per heavy atom. The number of hydrogen-bond acceptors (Lipinski definition) is 2. The van der Waals surface area contributed by atoms with Gasteiger partial charge in [0.1, 0.15) is 17.2 Å². The van der Waals surface area contributed by atoms with Gasteiger partial charge < -0.3 is 9.73 Å². The second-order valence-electron chi connectivity index (χ2n) is 5.17. The maximum absolute atomic E-state index is 13.0. The summed E-state index contributed by atoms with van der Waals surface area (Å²) in [5.41, 5.74) is 3.02. The number of benzene rings is 2. The van der Waals surface area contributed by atoms with Crippen molar-refractivity contribution in [1.82, 2.24) is 0 Å². The van der Waals surface area contributed by atoms with Crippen molar-refractivity contribution in [3.8, 4) is 0 Å². The first-order valence-corrected chi connectivity index (χ1v) is 7.21. The molecule has 3 heteroatoms. The Kier molecular flexibility index (Phi) is 3.65. The number of hydrogen-bond donors (Lipinski definition) is 1. The summed E-state index contributed by atoms with van der Waals surface area (Å²) in [6.07, 6.45) is 0.918. The lowest BCUT2D eigenvalue weighted by molar-refractivity contribution is 0.520. The number of nitrogens with one attached hydrogen (secondary N) is 1. The second-order valence-corrected chi connectivity index (χ2v) is 5.17. The van der Waals surface area contributed by atoms with Crippen molar-refractivity contribution in [3.05, 3.63) is 65.7 Å². The Balaban J connectivity index is 1.93. The summed E-state index contributed by atoms with van der Waals surface area (Å²) in [4.78, 5) is 0. The molecule has 0 fully saturated rings. The molecule has 0 aliphatic carbocycles. The van der Waals surface area contributed by atoms with Gasteiger partial charge in [0.05, 0.1) is 6.04 Å². The minimum atomic E-state index is -0.230. The molecule has 3 rings (SSSR count). The van der Waals surface area contributed by atoms with Crippen molar-refractivity contribution in [2.45, 2.75) is 26.3 Å². The van der Waals surface area contributed by atoms with E-state index in [0.29, 0.717) is 0 Å². The van der Waals surface area contributed by atoms with Crippen LogP contribution in [-0.2, 0) is 6.42 Å². The highest BCUT2D eigenvalue weighted by Crippen LogP contribution is 2.32. The van der Waals surface area contributed by atoms with Crippen LogP contribution in [-0.4, -0.2) is 0 Å². The van der Waals surface area contributed by atoms with E-state index >= 15 is 0 Å². The first kappa shape index (κ1) is 13.7. The van der Waals surface area contributed by atoms with Crippen molar-refractivity contribution in [1.29, 1.82) is 0 Å². The molecule has 108 valence electrons. The standard InChI is InChI=1S/C18H18FNO/c1-3-15-16-6-4-5-7-17(16)21-18(15)12(2)20-14-10-8-13(19)9-11-14/h4-12,20H,3H2,1-2H3. The number of rotatable bonds is 4. The largest absolute Gasteiger partial charge is 0.459 e. The molecule has 21 heavy (non-hydrogen) atoms. The van der Waals surface area contributed by atoms with E-state index in [0.717, 1.165) is 23.5 Å². The third-order valence-electron chi connectivity index (χ3n) is 3.70. The molecule has 2 nitrogen and oxygen atoms in total. The molecule has 1 unspecified atom stereocenters. The highest BCUT2D eigenvalue weighted by Gasteiger charge is 2.17. The predicted molar refractivity (Wildman–Crippen MR) is 84.0 cm³/mol. The zero-order chi connectivity index (χ0) is 14.8. The van der Waals surface area contributed by atoms with Gasteiger partial charge in [-0.3, -0.25) is 0 Å². The summed E-state index contributed by atoms with van der Waals surface area (Å²) in [5, 5.41) is 4.53. The Hall–Kier alpha value is -2.29. The smallest absolute Gasteiger partial charge is 0.134 e. The van der Waals surface area contributed by atoms with Gasteiger partial charge in [-0.05, 0) is 43.7 Å². The summed E-state index contributed by atoms with van der Waals surface area (Å²) in [6.45, 7) is 4.19. The van der Waals surface area contributed by atoms with Crippen molar-refractivity contribution < 1.29 is 8.81 Å². The van der Waals surface area contributed by atoms with Gasteiger partial charge in [-0.15, -0.1) is 0 Å². The Labute approximate surface area is 123 Å². The highest BCUT2D eigenvalue weighted by molar-refractivity contribution is 5.82. The van der Waals surface area contributed by atoms with Gasteiger partial charge in [0.15, 0.2) is 0 Å². The third-order valence-corrected chi connectivity index (χ3v) is 3.70. The Bertz CT molecular complexity index is 746. The van der Waals surface area contributed by atoms with Crippen LogP contribution in [0.2, 0.25) is 0 Å². The lowest BCUT2D eigenvalue weighted by Gasteiger charge is -2.14. The minimum Gasteiger partial charge on any atom is -0.459 e. The van der Waals surface area contributed by atoms with Crippen LogP contribution < -0.4 is 5.32 Å². The van der Waals surface area contributed by atoms with Crippen LogP contribution in [0.3, 0.4) is 0 Å². The van der Waals surface area contributed by atoms with Crippen molar-refractivity contribution in [2.75, 3.05) is 5.32 Å². The molecule has 1 atom stereocenters. The van der Waals surface area contributed by atoms with E-state index < -0.39 is 0 Å². The normalized spacial score (nSPS) is 12.5. The third kappa shape index (κ3) is 2.64. The number of aryl methyl sites for hydroxylation is 1. The van der Waals surface area contributed by atoms with Gasteiger partial charge in [-0.2, -0.15) is 0 Å². The van der Waals surface area contributed by atoms with Gasteiger partial charge in [0, 0.05) is 16.6 Å². The van der Waals surface area contributed by atoms with Crippen LogP contribution in [0, 0.1) is 5.82 Å². The summed E-state index contributed by atoms with van der Waals surface area (Å²) in [7, 11) is 0. The lowest BCUT2D eigenvalue weighted by atomic mass is 10.0. The van der Waals surface area contributed by atoms with Crippen molar-refractivity contribution in [3.63, 3.8) is 0 Å². The number of fused-ring (bicyclic) bond motifs is 1. The van der Waals surface area contributed by atoms with Gasteiger partial charge in [-0.1, -0.05) is 25.1 Å². The lowest BCUT2D eigenvalue weighted by Crippen LogP contribution is -2.07. The van der Waals surface area contributed by atoms with E-state index in [-0.39, 0.29) is 11.9 Å². The van der Waals surface area contributed by atoms with E-state index in [1.807, 2.05) is 18.2 Å². The highest BCUT2D eigenvalue weighted by atomic mass is 19.1. The van der Waals surface area contributed by atoms with Crippen LogP contribution in [0.25, 0.3) is 11.0 Å². The zero-order valence-electron chi connectivity index (χ0n) is 12.2. The fourth-order valence-corrected chi connectivity index (χ4v) is 2.69. The van der Waals surface area contributed by atoms with E-state index in [4.69, 9.17) is 4.42 Å². The van der Waals surface area contributed by atoms with Crippen LogP contribution in [0.15, 0.2) is 52.9 Å². The molecule has 3 aromatic rings. The monoisotopic (exact) mass is 283 g/mol. The molecule has 1 aromatic heterocycles. The maximum Gasteiger partial charge on any atom is 0.134 e. The predicted octanol–water partition coefficient (Wildman–Crippen LogP) is 5.31. The van der Waals surface area contributed by atoms with Crippen LogP contribution in [0.5, 0.6) is 0 Å². The van der Waals surface area contributed by atoms with Crippen LogP contribution in [0.4, 0.5) is 10.1 Å².